The molecule has 2 atom stereocenters. The van der Waals surface area contributed by atoms with E-state index < -0.39 is 10.1 Å². The standard InChI is InChI=1S/C18H24O3S.Na/c1-5-12(3)16-11-14-9-7-8-10-15(14)18(22(19,20)21)17(16)13(4)6-2;/h7-13H,5-6H2,1-4H3,(H,19,20,21);/q;+1/p-1. The summed E-state index contributed by atoms with van der Waals surface area (Å²) in [6, 6.07) is 9.30. The molecule has 5 heteroatoms. The van der Waals surface area contributed by atoms with Crippen LogP contribution < -0.4 is 29.6 Å². The van der Waals surface area contributed by atoms with Crippen molar-refractivity contribution < 1.29 is 42.5 Å². The van der Waals surface area contributed by atoms with E-state index in [1.807, 2.05) is 26.0 Å². The SMILES string of the molecule is CCC(C)c1cc2ccccc2c(S(=O)(=O)[O-])c1C(C)CC.[Na+]. The molecule has 120 valence electrons. The van der Waals surface area contributed by atoms with Crippen LogP contribution in [-0.2, 0) is 10.1 Å². The third-order valence-electron chi connectivity index (χ3n) is 4.57. The molecule has 0 N–H and O–H groups in total. The van der Waals surface area contributed by atoms with Gasteiger partial charge in [-0.2, -0.15) is 0 Å². The predicted molar refractivity (Wildman–Crippen MR) is 89.3 cm³/mol. The Morgan fingerprint density at radius 3 is 2.13 bits per heavy atom. The second-order valence-corrected chi connectivity index (χ2v) is 7.32. The van der Waals surface area contributed by atoms with Gasteiger partial charge in [-0.15, -0.1) is 0 Å². The zero-order valence-corrected chi connectivity index (χ0v) is 17.4. The van der Waals surface area contributed by atoms with Crippen LogP contribution in [0.1, 0.15) is 63.5 Å². The maximum Gasteiger partial charge on any atom is 1.00 e. The Morgan fingerprint density at radius 2 is 1.61 bits per heavy atom. The summed E-state index contributed by atoms with van der Waals surface area (Å²) in [5, 5.41) is 1.36. The van der Waals surface area contributed by atoms with Gasteiger partial charge in [0.25, 0.3) is 0 Å². The minimum atomic E-state index is -4.53. The Hall–Kier alpha value is -0.390. The van der Waals surface area contributed by atoms with Crippen molar-refractivity contribution in [1.29, 1.82) is 0 Å². The van der Waals surface area contributed by atoms with Crippen LogP contribution in [0.3, 0.4) is 0 Å². The minimum absolute atomic E-state index is 0. The van der Waals surface area contributed by atoms with Crippen molar-refractivity contribution in [2.24, 2.45) is 0 Å². The summed E-state index contributed by atoms with van der Waals surface area (Å²) in [6.45, 7) is 8.16. The first kappa shape index (κ1) is 20.7. The Balaban J connectivity index is 0.00000264. The van der Waals surface area contributed by atoms with Gasteiger partial charge in [0.05, 0.1) is 4.90 Å². The zero-order valence-electron chi connectivity index (χ0n) is 14.6. The largest absolute Gasteiger partial charge is 1.00 e. The molecule has 0 aliphatic rings. The van der Waals surface area contributed by atoms with Gasteiger partial charge in [-0.05, 0) is 46.6 Å². The summed E-state index contributed by atoms with van der Waals surface area (Å²) in [5.41, 5.74) is 1.70. The predicted octanol–water partition coefficient (Wildman–Crippen LogP) is 1.77. The normalized spacial score (nSPS) is 14.3. The fraction of sp³-hybridized carbons (Fsp3) is 0.444. The molecule has 0 saturated heterocycles. The van der Waals surface area contributed by atoms with E-state index in [4.69, 9.17) is 0 Å². The number of benzene rings is 2. The fourth-order valence-corrected chi connectivity index (χ4v) is 4.00. The van der Waals surface area contributed by atoms with Gasteiger partial charge >= 0.3 is 29.6 Å². The van der Waals surface area contributed by atoms with Crippen molar-refractivity contribution in [3.63, 3.8) is 0 Å². The molecule has 2 aromatic carbocycles. The summed E-state index contributed by atoms with van der Waals surface area (Å²) in [4.78, 5) is -0.0183. The third-order valence-corrected chi connectivity index (χ3v) is 5.51. The number of hydrogen-bond donors (Lipinski definition) is 0. The summed E-state index contributed by atoms with van der Waals surface area (Å²) < 4.78 is 36.0. The Labute approximate surface area is 161 Å². The van der Waals surface area contributed by atoms with Crippen molar-refractivity contribution >= 4 is 20.9 Å². The van der Waals surface area contributed by atoms with Crippen molar-refractivity contribution in [2.75, 3.05) is 0 Å². The maximum absolute atomic E-state index is 12.0. The van der Waals surface area contributed by atoms with E-state index in [1.54, 1.807) is 12.1 Å². The van der Waals surface area contributed by atoms with Gasteiger partial charge in [0.2, 0.25) is 0 Å². The van der Waals surface area contributed by atoms with E-state index in [0.717, 1.165) is 23.8 Å². The second kappa shape index (κ2) is 8.13. The van der Waals surface area contributed by atoms with Crippen LogP contribution in [0.2, 0.25) is 0 Å². The molecule has 0 aromatic heterocycles. The molecule has 0 aliphatic heterocycles. The van der Waals surface area contributed by atoms with Crippen LogP contribution in [0, 0.1) is 0 Å². The molecule has 0 amide bonds. The molecular weight excluding hydrogens is 319 g/mol. The van der Waals surface area contributed by atoms with Crippen LogP contribution >= 0.6 is 0 Å². The summed E-state index contributed by atoms with van der Waals surface area (Å²) in [7, 11) is -4.53. The van der Waals surface area contributed by atoms with Gasteiger partial charge in [0, 0.05) is 0 Å². The molecule has 0 spiro atoms. The first-order valence-electron chi connectivity index (χ1n) is 7.82. The van der Waals surface area contributed by atoms with E-state index in [-0.39, 0.29) is 46.3 Å². The third kappa shape index (κ3) is 4.18. The summed E-state index contributed by atoms with van der Waals surface area (Å²) >= 11 is 0. The quantitative estimate of drug-likeness (QED) is 0.615. The average Bonchev–Trinajstić information content (AvgIpc) is 2.50. The first-order chi connectivity index (χ1) is 10.3. The molecule has 2 rings (SSSR count). The van der Waals surface area contributed by atoms with Crippen LogP contribution in [0.25, 0.3) is 10.8 Å². The Kier molecular flexibility index (Phi) is 7.30. The number of rotatable bonds is 5. The van der Waals surface area contributed by atoms with Gasteiger partial charge < -0.3 is 4.55 Å². The molecule has 0 saturated carbocycles. The number of hydrogen-bond acceptors (Lipinski definition) is 3. The molecule has 3 nitrogen and oxygen atoms in total. The number of fused-ring (bicyclic) bond motifs is 1. The monoisotopic (exact) mass is 342 g/mol. The van der Waals surface area contributed by atoms with Gasteiger partial charge in [-0.1, -0.05) is 58.0 Å². The van der Waals surface area contributed by atoms with Gasteiger partial charge in [0.15, 0.2) is 0 Å². The zero-order chi connectivity index (χ0) is 16.5. The van der Waals surface area contributed by atoms with Crippen molar-refractivity contribution in [3.05, 3.63) is 41.5 Å². The molecule has 0 radical (unpaired) electrons. The fourth-order valence-electron chi connectivity index (χ4n) is 2.96. The van der Waals surface area contributed by atoms with E-state index in [0.29, 0.717) is 10.9 Å². The van der Waals surface area contributed by atoms with E-state index in [2.05, 4.69) is 19.9 Å². The molecule has 23 heavy (non-hydrogen) atoms. The average molecular weight is 342 g/mol. The van der Waals surface area contributed by atoms with Crippen molar-refractivity contribution in [1.82, 2.24) is 0 Å². The topological polar surface area (TPSA) is 57.2 Å². The molecule has 0 aliphatic carbocycles. The molecule has 0 fully saturated rings. The Bertz CT molecular complexity index is 784. The first-order valence-corrected chi connectivity index (χ1v) is 9.23. The van der Waals surface area contributed by atoms with Crippen LogP contribution in [0.4, 0.5) is 0 Å². The smallest absolute Gasteiger partial charge is 0.744 e. The van der Waals surface area contributed by atoms with Gasteiger partial charge in [-0.3, -0.25) is 0 Å². The van der Waals surface area contributed by atoms with Crippen molar-refractivity contribution in [3.8, 4) is 0 Å². The van der Waals surface area contributed by atoms with Crippen LogP contribution in [0.15, 0.2) is 35.2 Å². The molecular formula is C18H23NaO3S. The summed E-state index contributed by atoms with van der Waals surface area (Å²) in [5.74, 6) is 0.251. The van der Waals surface area contributed by atoms with E-state index >= 15 is 0 Å². The van der Waals surface area contributed by atoms with Gasteiger partial charge in [-0.25, -0.2) is 8.42 Å². The molecule has 0 heterocycles. The molecule has 2 aromatic rings. The Morgan fingerprint density at radius 1 is 1.04 bits per heavy atom. The summed E-state index contributed by atoms with van der Waals surface area (Å²) in [6.07, 6.45) is 1.70. The van der Waals surface area contributed by atoms with Crippen molar-refractivity contribution in [2.45, 2.75) is 57.3 Å². The minimum Gasteiger partial charge on any atom is -0.744 e. The molecule has 2 unspecified atom stereocenters. The second-order valence-electron chi connectivity index (χ2n) is 6.00. The van der Waals surface area contributed by atoms with Crippen LogP contribution in [-0.4, -0.2) is 13.0 Å². The molecule has 0 bridgehead atoms. The van der Waals surface area contributed by atoms with Gasteiger partial charge in [0.1, 0.15) is 10.1 Å². The maximum atomic E-state index is 12.0. The van der Waals surface area contributed by atoms with Crippen LogP contribution in [0.5, 0.6) is 0 Å². The van der Waals surface area contributed by atoms with E-state index in [1.165, 1.54) is 0 Å². The van der Waals surface area contributed by atoms with E-state index in [9.17, 15) is 13.0 Å².